The molecule has 0 rings (SSSR count). The molecule has 104 valence electrons. The third kappa shape index (κ3) is 6.42. The Labute approximate surface area is 109 Å². The van der Waals surface area contributed by atoms with Crippen molar-refractivity contribution in [2.75, 3.05) is 13.2 Å². The van der Waals surface area contributed by atoms with Crippen molar-refractivity contribution in [3.63, 3.8) is 0 Å². The third-order valence-electron chi connectivity index (χ3n) is 3.71. The molecular formula is C15H33NO. The van der Waals surface area contributed by atoms with Crippen molar-refractivity contribution in [3.8, 4) is 0 Å². The predicted octanol–water partition coefficient (Wildman–Crippen LogP) is 4.14. The van der Waals surface area contributed by atoms with Crippen LogP contribution in [0.1, 0.15) is 73.1 Å². The van der Waals surface area contributed by atoms with Gasteiger partial charge in [-0.25, -0.2) is 0 Å². The Hall–Kier alpha value is -0.0800. The quantitative estimate of drug-likeness (QED) is 0.551. The van der Waals surface area contributed by atoms with E-state index in [9.17, 15) is 0 Å². The van der Waals surface area contributed by atoms with Crippen LogP contribution in [0, 0.1) is 0 Å². The maximum absolute atomic E-state index is 5.99. The van der Waals surface area contributed by atoms with Crippen LogP contribution in [-0.4, -0.2) is 24.8 Å². The number of rotatable bonds is 11. The van der Waals surface area contributed by atoms with Crippen LogP contribution < -0.4 is 5.32 Å². The van der Waals surface area contributed by atoms with Gasteiger partial charge in [-0.3, -0.25) is 0 Å². The average Bonchev–Trinajstić information content (AvgIpc) is 2.33. The molecule has 2 heteroatoms. The van der Waals surface area contributed by atoms with Crippen LogP contribution >= 0.6 is 0 Å². The Bertz CT molecular complexity index is 172. The van der Waals surface area contributed by atoms with Crippen molar-refractivity contribution in [1.82, 2.24) is 5.32 Å². The fraction of sp³-hybridized carbons (Fsp3) is 1.00. The lowest BCUT2D eigenvalue weighted by Crippen LogP contribution is -2.50. The summed E-state index contributed by atoms with van der Waals surface area (Å²) in [6.45, 7) is 12.9. The highest BCUT2D eigenvalue weighted by Crippen LogP contribution is 2.24. The topological polar surface area (TPSA) is 21.3 Å². The van der Waals surface area contributed by atoms with Gasteiger partial charge < -0.3 is 10.1 Å². The highest BCUT2D eigenvalue weighted by molar-refractivity contribution is 4.88. The molecule has 0 fully saturated rings. The van der Waals surface area contributed by atoms with E-state index < -0.39 is 0 Å². The standard InChI is InChI=1S/C15H33NO/c1-6-10-11-12-13-14(16-8-3)15(5,7-2)17-9-4/h14,16H,6-13H2,1-5H3. The molecule has 0 aliphatic heterocycles. The summed E-state index contributed by atoms with van der Waals surface area (Å²) >= 11 is 0. The summed E-state index contributed by atoms with van der Waals surface area (Å²) in [6.07, 6.45) is 7.64. The number of ether oxygens (including phenoxy) is 1. The highest BCUT2D eigenvalue weighted by atomic mass is 16.5. The molecule has 0 aromatic heterocycles. The minimum Gasteiger partial charge on any atom is -0.374 e. The van der Waals surface area contributed by atoms with Gasteiger partial charge in [0.2, 0.25) is 0 Å². The summed E-state index contributed by atoms with van der Waals surface area (Å²) < 4.78 is 5.99. The molecule has 0 amide bonds. The number of nitrogens with one attached hydrogen (secondary N) is 1. The molecule has 17 heavy (non-hydrogen) atoms. The minimum atomic E-state index is -0.00300. The normalized spacial score (nSPS) is 16.8. The summed E-state index contributed by atoms with van der Waals surface area (Å²) in [7, 11) is 0. The Morgan fingerprint density at radius 3 is 2.24 bits per heavy atom. The van der Waals surface area contributed by atoms with Crippen molar-refractivity contribution >= 4 is 0 Å². The van der Waals surface area contributed by atoms with E-state index in [1.165, 1.54) is 32.1 Å². The first-order chi connectivity index (χ1) is 8.14. The van der Waals surface area contributed by atoms with Gasteiger partial charge >= 0.3 is 0 Å². The monoisotopic (exact) mass is 243 g/mol. The number of hydrogen-bond donors (Lipinski definition) is 1. The van der Waals surface area contributed by atoms with Crippen molar-refractivity contribution in [3.05, 3.63) is 0 Å². The molecule has 2 unspecified atom stereocenters. The summed E-state index contributed by atoms with van der Waals surface area (Å²) in [6, 6.07) is 0.495. The molecule has 0 saturated carbocycles. The van der Waals surface area contributed by atoms with Crippen molar-refractivity contribution in [1.29, 1.82) is 0 Å². The van der Waals surface area contributed by atoms with E-state index in [1.54, 1.807) is 0 Å². The zero-order valence-electron chi connectivity index (χ0n) is 12.6. The molecule has 0 aliphatic carbocycles. The number of unbranched alkanes of at least 4 members (excludes halogenated alkanes) is 3. The van der Waals surface area contributed by atoms with E-state index in [4.69, 9.17) is 4.74 Å². The van der Waals surface area contributed by atoms with E-state index in [-0.39, 0.29) is 5.60 Å². The Balaban J connectivity index is 4.25. The van der Waals surface area contributed by atoms with Crippen LogP contribution in [0.2, 0.25) is 0 Å². The lowest BCUT2D eigenvalue weighted by molar-refractivity contribution is -0.0571. The molecule has 0 bridgehead atoms. The second-order valence-electron chi connectivity index (χ2n) is 5.06. The Kier molecular flexibility index (Phi) is 9.85. The molecule has 0 saturated heterocycles. The van der Waals surface area contributed by atoms with Gasteiger partial charge in [-0.05, 0) is 33.2 Å². The van der Waals surface area contributed by atoms with E-state index in [0.29, 0.717) is 6.04 Å². The maximum atomic E-state index is 5.99. The first-order valence-electron chi connectivity index (χ1n) is 7.51. The Morgan fingerprint density at radius 2 is 1.76 bits per heavy atom. The molecule has 0 radical (unpaired) electrons. The molecule has 1 N–H and O–H groups in total. The van der Waals surface area contributed by atoms with Gasteiger partial charge in [0.05, 0.1) is 5.60 Å². The fourth-order valence-electron chi connectivity index (χ4n) is 2.42. The zero-order valence-corrected chi connectivity index (χ0v) is 12.6. The molecule has 0 aliphatic rings. The van der Waals surface area contributed by atoms with E-state index >= 15 is 0 Å². The van der Waals surface area contributed by atoms with Gasteiger partial charge in [0.25, 0.3) is 0 Å². The SMILES string of the molecule is CCCCCCC(NCC)C(C)(CC)OCC. The summed E-state index contributed by atoms with van der Waals surface area (Å²) in [5.41, 5.74) is -0.00300. The molecule has 2 nitrogen and oxygen atoms in total. The molecular weight excluding hydrogens is 210 g/mol. The maximum Gasteiger partial charge on any atom is 0.0803 e. The minimum absolute atomic E-state index is 0.00300. The lowest BCUT2D eigenvalue weighted by Gasteiger charge is -2.37. The van der Waals surface area contributed by atoms with Crippen LogP contribution in [-0.2, 0) is 4.74 Å². The lowest BCUT2D eigenvalue weighted by atomic mass is 9.89. The van der Waals surface area contributed by atoms with Gasteiger partial charge in [0.15, 0.2) is 0 Å². The average molecular weight is 243 g/mol. The van der Waals surface area contributed by atoms with E-state index in [1.807, 2.05) is 0 Å². The van der Waals surface area contributed by atoms with Crippen LogP contribution in [0.15, 0.2) is 0 Å². The first kappa shape index (κ1) is 16.9. The van der Waals surface area contributed by atoms with Gasteiger partial charge in [0.1, 0.15) is 0 Å². The molecule has 2 atom stereocenters. The molecule has 0 spiro atoms. The third-order valence-corrected chi connectivity index (χ3v) is 3.71. The first-order valence-corrected chi connectivity index (χ1v) is 7.51. The fourth-order valence-corrected chi connectivity index (χ4v) is 2.42. The number of likely N-dealkylation sites (N-methyl/N-ethyl adjacent to an activating group) is 1. The highest BCUT2D eigenvalue weighted by Gasteiger charge is 2.31. The predicted molar refractivity (Wildman–Crippen MR) is 76.5 cm³/mol. The van der Waals surface area contributed by atoms with Crippen LogP contribution in [0.25, 0.3) is 0 Å². The number of hydrogen-bond acceptors (Lipinski definition) is 2. The van der Waals surface area contributed by atoms with Gasteiger partial charge in [-0.2, -0.15) is 0 Å². The second kappa shape index (κ2) is 9.90. The van der Waals surface area contributed by atoms with Crippen molar-refractivity contribution < 1.29 is 4.74 Å². The van der Waals surface area contributed by atoms with Gasteiger partial charge in [-0.15, -0.1) is 0 Å². The van der Waals surface area contributed by atoms with Crippen LogP contribution in [0.4, 0.5) is 0 Å². The second-order valence-corrected chi connectivity index (χ2v) is 5.06. The molecule has 0 aromatic rings. The Morgan fingerprint density at radius 1 is 1.06 bits per heavy atom. The molecule has 0 aromatic carbocycles. The summed E-state index contributed by atoms with van der Waals surface area (Å²) in [4.78, 5) is 0. The molecule has 0 heterocycles. The van der Waals surface area contributed by atoms with Crippen molar-refractivity contribution in [2.24, 2.45) is 0 Å². The largest absolute Gasteiger partial charge is 0.374 e. The van der Waals surface area contributed by atoms with E-state index in [0.717, 1.165) is 19.6 Å². The zero-order chi connectivity index (χ0) is 13.1. The van der Waals surface area contributed by atoms with E-state index in [2.05, 4.69) is 39.9 Å². The summed E-state index contributed by atoms with van der Waals surface area (Å²) in [5.74, 6) is 0. The van der Waals surface area contributed by atoms with Gasteiger partial charge in [0, 0.05) is 12.6 Å². The smallest absolute Gasteiger partial charge is 0.0803 e. The van der Waals surface area contributed by atoms with Crippen LogP contribution in [0.3, 0.4) is 0 Å². The van der Waals surface area contributed by atoms with Crippen molar-refractivity contribution in [2.45, 2.75) is 84.8 Å². The summed E-state index contributed by atoms with van der Waals surface area (Å²) in [5, 5.41) is 3.61. The van der Waals surface area contributed by atoms with Crippen LogP contribution in [0.5, 0.6) is 0 Å². The van der Waals surface area contributed by atoms with Gasteiger partial charge in [-0.1, -0.05) is 46.5 Å².